The molecule has 0 aliphatic heterocycles. The molecule has 2 nitrogen and oxygen atoms in total. The molecule has 0 saturated heterocycles. The monoisotopic (exact) mass is 292 g/mol. The highest BCUT2D eigenvalue weighted by Crippen LogP contribution is 2.30. The molecule has 1 aromatic carbocycles. The van der Waals surface area contributed by atoms with Crippen LogP contribution in [0.15, 0.2) is 28.7 Å². The number of nitrogens with zero attached hydrogens (tertiary/aromatic N) is 2. The molecule has 0 radical (unpaired) electrons. The molecule has 0 spiro atoms. The van der Waals surface area contributed by atoms with Crippen LogP contribution in [0.1, 0.15) is 25.1 Å². The van der Waals surface area contributed by atoms with Crippen LogP contribution in [0.2, 0.25) is 0 Å². The van der Waals surface area contributed by atoms with E-state index in [0.29, 0.717) is 0 Å². The van der Waals surface area contributed by atoms with Crippen molar-refractivity contribution in [3.05, 3.63) is 40.0 Å². The molecule has 0 amide bonds. The fourth-order valence-corrected chi connectivity index (χ4v) is 2.76. The molecule has 90 valence electrons. The standard InChI is InChI=1S/C14H17BrN2/c1-4-12-13(15)14(16-17(12)5-2)11-8-6-10(3)7-9-11/h6-9H,4-5H2,1-3H3. The predicted octanol–water partition coefficient (Wildman–Crippen LogP) is 4.20. The molecule has 0 aliphatic rings. The van der Waals surface area contributed by atoms with Crippen LogP contribution < -0.4 is 0 Å². The van der Waals surface area contributed by atoms with Crippen LogP contribution in [0.25, 0.3) is 11.3 Å². The number of hydrogen-bond acceptors (Lipinski definition) is 1. The van der Waals surface area contributed by atoms with Gasteiger partial charge < -0.3 is 0 Å². The highest BCUT2D eigenvalue weighted by atomic mass is 79.9. The largest absolute Gasteiger partial charge is 0.268 e. The van der Waals surface area contributed by atoms with Gasteiger partial charge in [-0.3, -0.25) is 4.68 Å². The maximum atomic E-state index is 4.67. The summed E-state index contributed by atoms with van der Waals surface area (Å²) in [5.74, 6) is 0. The van der Waals surface area contributed by atoms with E-state index in [-0.39, 0.29) is 0 Å². The summed E-state index contributed by atoms with van der Waals surface area (Å²) >= 11 is 3.67. The number of halogens is 1. The van der Waals surface area contributed by atoms with Gasteiger partial charge in [0.15, 0.2) is 0 Å². The van der Waals surface area contributed by atoms with Crippen LogP contribution in [-0.2, 0) is 13.0 Å². The van der Waals surface area contributed by atoms with Crippen molar-refractivity contribution < 1.29 is 0 Å². The number of aryl methyl sites for hydroxylation is 2. The summed E-state index contributed by atoms with van der Waals surface area (Å²) in [6.07, 6.45) is 0.993. The van der Waals surface area contributed by atoms with Crippen LogP contribution in [0.3, 0.4) is 0 Å². The fraction of sp³-hybridized carbons (Fsp3) is 0.357. The predicted molar refractivity (Wildman–Crippen MR) is 75.2 cm³/mol. The van der Waals surface area contributed by atoms with E-state index in [1.54, 1.807) is 0 Å². The SMILES string of the molecule is CCc1c(Br)c(-c2ccc(C)cc2)nn1CC. The van der Waals surface area contributed by atoms with E-state index >= 15 is 0 Å². The lowest BCUT2D eigenvalue weighted by Gasteiger charge is -2.00. The number of hydrogen-bond donors (Lipinski definition) is 0. The van der Waals surface area contributed by atoms with Gasteiger partial charge in [0.05, 0.1) is 10.2 Å². The van der Waals surface area contributed by atoms with Gasteiger partial charge in [0.25, 0.3) is 0 Å². The van der Waals surface area contributed by atoms with Crippen molar-refractivity contribution in [3.8, 4) is 11.3 Å². The van der Waals surface area contributed by atoms with Crippen molar-refractivity contribution >= 4 is 15.9 Å². The molecule has 0 fully saturated rings. The van der Waals surface area contributed by atoms with Crippen LogP contribution in [0.5, 0.6) is 0 Å². The minimum absolute atomic E-state index is 0.910. The molecule has 1 heterocycles. The van der Waals surface area contributed by atoms with Crippen molar-refractivity contribution in [1.29, 1.82) is 0 Å². The highest BCUT2D eigenvalue weighted by Gasteiger charge is 2.14. The molecule has 2 aromatic rings. The first-order chi connectivity index (χ1) is 8.17. The number of benzene rings is 1. The zero-order chi connectivity index (χ0) is 12.4. The third kappa shape index (κ3) is 2.29. The Balaban J connectivity index is 2.52. The van der Waals surface area contributed by atoms with Crippen LogP contribution >= 0.6 is 15.9 Å². The second kappa shape index (κ2) is 5.05. The Kier molecular flexibility index (Phi) is 3.67. The average Bonchev–Trinajstić information content (AvgIpc) is 2.66. The Morgan fingerprint density at radius 3 is 2.29 bits per heavy atom. The molecule has 0 bridgehead atoms. The number of rotatable bonds is 3. The maximum absolute atomic E-state index is 4.67. The topological polar surface area (TPSA) is 17.8 Å². The van der Waals surface area contributed by atoms with Gasteiger partial charge in [0, 0.05) is 12.1 Å². The van der Waals surface area contributed by atoms with E-state index < -0.39 is 0 Å². The molecule has 0 atom stereocenters. The van der Waals surface area contributed by atoms with Crippen molar-refractivity contribution in [3.63, 3.8) is 0 Å². The minimum Gasteiger partial charge on any atom is -0.268 e. The van der Waals surface area contributed by atoms with Gasteiger partial charge in [-0.1, -0.05) is 36.8 Å². The molecule has 0 aliphatic carbocycles. The summed E-state index contributed by atoms with van der Waals surface area (Å²) < 4.78 is 3.20. The molecule has 3 heteroatoms. The Labute approximate surface area is 111 Å². The summed E-state index contributed by atoms with van der Waals surface area (Å²) in [5.41, 5.74) is 4.76. The van der Waals surface area contributed by atoms with Gasteiger partial charge in [-0.15, -0.1) is 0 Å². The average molecular weight is 293 g/mol. The van der Waals surface area contributed by atoms with Crippen LogP contribution in [-0.4, -0.2) is 9.78 Å². The first-order valence-electron chi connectivity index (χ1n) is 5.99. The zero-order valence-corrected chi connectivity index (χ0v) is 12.1. The Morgan fingerprint density at radius 1 is 1.18 bits per heavy atom. The van der Waals surface area contributed by atoms with E-state index in [1.165, 1.54) is 16.8 Å². The second-order valence-corrected chi connectivity index (χ2v) is 4.94. The Hall–Kier alpha value is -1.09. The van der Waals surface area contributed by atoms with E-state index in [0.717, 1.165) is 23.1 Å². The lowest BCUT2D eigenvalue weighted by atomic mass is 10.1. The molecule has 1 aromatic heterocycles. The summed E-state index contributed by atoms with van der Waals surface area (Å²) in [7, 11) is 0. The molecule has 0 saturated carbocycles. The first-order valence-corrected chi connectivity index (χ1v) is 6.78. The van der Waals surface area contributed by atoms with Gasteiger partial charge in [-0.05, 0) is 36.2 Å². The maximum Gasteiger partial charge on any atom is 0.107 e. The van der Waals surface area contributed by atoms with Gasteiger partial charge in [-0.25, -0.2) is 0 Å². The summed E-state index contributed by atoms with van der Waals surface area (Å²) in [6.45, 7) is 7.29. The van der Waals surface area contributed by atoms with Crippen molar-refractivity contribution in [2.75, 3.05) is 0 Å². The van der Waals surface area contributed by atoms with Crippen LogP contribution in [0, 0.1) is 6.92 Å². The summed E-state index contributed by atoms with van der Waals surface area (Å²) in [6, 6.07) is 8.50. The number of aromatic nitrogens is 2. The fourth-order valence-electron chi connectivity index (χ4n) is 1.97. The molecular formula is C14H17BrN2. The van der Waals surface area contributed by atoms with Crippen LogP contribution in [0.4, 0.5) is 0 Å². The van der Waals surface area contributed by atoms with E-state index in [1.807, 2.05) is 0 Å². The highest BCUT2D eigenvalue weighted by molar-refractivity contribution is 9.10. The van der Waals surface area contributed by atoms with Crippen molar-refractivity contribution in [2.24, 2.45) is 0 Å². The zero-order valence-electron chi connectivity index (χ0n) is 10.5. The molecular weight excluding hydrogens is 276 g/mol. The van der Waals surface area contributed by atoms with E-state index in [9.17, 15) is 0 Å². The molecule has 0 unspecified atom stereocenters. The molecule has 17 heavy (non-hydrogen) atoms. The third-order valence-corrected chi connectivity index (χ3v) is 3.79. The lowest BCUT2D eigenvalue weighted by Crippen LogP contribution is -2.01. The van der Waals surface area contributed by atoms with Crippen molar-refractivity contribution in [1.82, 2.24) is 9.78 Å². The smallest absolute Gasteiger partial charge is 0.107 e. The van der Waals surface area contributed by atoms with Gasteiger partial charge in [-0.2, -0.15) is 5.10 Å². The first kappa shape index (κ1) is 12.4. The van der Waals surface area contributed by atoms with Crippen molar-refractivity contribution in [2.45, 2.75) is 33.7 Å². The summed E-state index contributed by atoms with van der Waals surface area (Å²) in [5, 5.41) is 4.67. The Bertz CT molecular complexity index is 512. The van der Waals surface area contributed by atoms with E-state index in [2.05, 4.69) is 70.7 Å². The minimum atomic E-state index is 0.910. The normalized spacial score (nSPS) is 10.8. The van der Waals surface area contributed by atoms with Gasteiger partial charge in [0.2, 0.25) is 0 Å². The summed E-state index contributed by atoms with van der Waals surface area (Å²) in [4.78, 5) is 0. The Morgan fingerprint density at radius 2 is 1.82 bits per heavy atom. The molecule has 2 rings (SSSR count). The van der Waals surface area contributed by atoms with Gasteiger partial charge in [0.1, 0.15) is 5.69 Å². The van der Waals surface area contributed by atoms with E-state index in [4.69, 9.17) is 0 Å². The van der Waals surface area contributed by atoms with Gasteiger partial charge >= 0.3 is 0 Å². The molecule has 0 N–H and O–H groups in total. The third-order valence-electron chi connectivity index (χ3n) is 2.95. The quantitative estimate of drug-likeness (QED) is 0.829. The second-order valence-electron chi connectivity index (χ2n) is 4.14. The lowest BCUT2D eigenvalue weighted by molar-refractivity contribution is 0.627.